The summed E-state index contributed by atoms with van der Waals surface area (Å²) in [5.41, 5.74) is -0.328. The highest BCUT2D eigenvalue weighted by Gasteiger charge is 2.11. The molecule has 1 aromatic carbocycles. The number of carbonyl (C=O) groups excluding carboxylic acids is 1. The second kappa shape index (κ2) is 9.67. The molecule has 0 aliphatic carbocycles. The zero-order chi connectivity index (χ0) is 17.3. The van der Waals surface area contributed by atoms with Crippen molar-refractivity contribution in [1.82, 2.24) is 0 Å². The van der Waals surface area contributed by atoms with Gasteiger partial charge in [0, 0.05) is 13.0 Å². The van der Waals surface area contributed by atoms with Gasteiger partial charge in [0.2, 0.25) is 0 Å². The molecule has 0 unspecified atom stereocenters. The fraction of sp³-hybridized carbons (Fsp3) is 0.588. The van der Waals surface area contributed by atoms with E-state index in [0.29, 0.717) is 5.75 Å². The van der Waals surface area contributed by atoms with Crippen LogP contribution < -0.4 is 4.74 Å². The number of rotatable bonds is 4. The van der Waals surface area contributed by atoms with Crippen molar-refractivity contribution in [2.24, 2.45) is 0 Å². The Balaban J connectivity index is 0.000000472. The molecular formula is C17H26ClFO3. The molecule has 0 heterocycles. The lowest BCUT2D eigenvalue weighted by atomic mass is 10.2. The van der Waals surface area contributed by atoms with Gasteiger partial charge in [0.05, 0.1) is 11.1 Å². The Hall–Kier alpha value is -1.29. The lowest BCUT2D eigenvalue weighted by molar-refractivity contribution is -0.151. The van der Waals surface area contributed by atoms with Crippen LogP contribution in [-0.4, -0.2) is 17.7 Å². The third kappa shape index (κ3) is 9.61. The van der Waals surface area contributed by atoms with Crippen LogP contribution in [0.15, 0.2) is 18.2 Å². The van der Waals surface area contributed by atoms with Gasteiger partial charge in [-0.3, -0.25) is 4.79 Å². The number of halogens is 2. The van der Waals surface area contributed by atoms with Crippen LogP contribution in [0.4, 0.5) is 4.39 Å². The van der Waals surface area contributed by atoms with E-state index in [1.165, 1.54) is 19.1 Å². The average Bonchev–Trinajstić information content (AvgIpc) is 2.38. The topological polar surface area (TPSA) is 35.5 Å². The Labute approximate surface area is 137 Å². The Morgan fingerprint density at radius 3 is 2.14 bits per heavy atom. The normalized spacial score (nSPS) is 10.8. The zero-order valence-electron chi connectivity index (χ0n) is 14.2. The van der Waals surface area contributed by atoms with Gasteiger partial charge in [-0.15, -0.1) is 0 Å². The van der Waals surface area contributed by atoms with Gasteiger partial charge < -0.3 is 9.47 Å². The molecular weight excluding hydrogens is 307 g/mol. The molecule has 0 bridgehead atoms. The number of benzene rings is 1. The molecule has 126 valence electrons. The molecule has 0 radical (unpaired) electrons. The predicted molar refractivity (Wildman–Crippen MR) is 87.9 cm³/mol. The molecule has 0 aliphatic heterocycles. The van der Waals surface area contributed by atoms with E-state index in [1.54, 1.807) is 6.07 Å². The predicted octanol–water partition coefficient (Wildman–Crippen LogP) is 5.39. The van der Waals surface area contributed by atoms with Crippen molar-refractivity contribution in [3.8, 4) is 5.75 Å². The number of hydrogen-bond donors (Lipinski definition) is 0. The van der Waals surface area contributed by atoms with Gasteiger partial charge in [0.25, 0.3) is 0 Å². The van der Waals surface area contributed by atoms with Gasteiger partial charge >= 0.3 is 5.97 Å². The third-order valence-corrected chi connectivity index (χ3v) is 2.84. The van der Waals surface area contributed by atoms with Gasteiger partial charge in [0.15, 0.2) is 0 Å². The van der Waals surface area contributed by atoms with Gasteiger partial charge in [-0.05, 0) is 45.7 Å². The third-order valence-electron chi connectivity index (χ3n) is 2.55. The number of carbonyl (C=O) groups is 1. The Bertz CT molecular complexity index is 465. The van der Waals surface area contributed by atoms with Crippen molar-refractivity contribution in [3.63, 3.8) is 0 Å². The summed E-state index contributed by atoms with van der Waals surface area (Å²) in [4.78, 5) is 10.2. The van der Waals surface area contributed by atoms with Crippen molar-refractivity contribution in [1.29, 1.82) is 0 Å². The van der Waals surface area contributed by atoms with Crippen LogP contribution in [0.3, 0.4) is 0 Å². The molecule has 0 aromatic heterocycles. The quantitative estimate of drug-likeness (QED) is 0.693. The molecule has 3 nitrogen and oxygen atoms in total. The summed E-state index contributed by atoms with van der Waals surface area (Å²) >= 11 is 5.63. The first-order valence-electron chi connectivity index (χ1n) is 7.40. The Morgan fingerprint density at radius 1 is 1.27 bits per heavy atom. The van der Waals surface area contributed by atoms with Gasteiger partial charge in [-0.2, -0.15) is 0 Å². The summed E-state index contributed by atoms with van der Waals surface area (Å²) in [5, 5.41) is 0.105. The van der Waals surface area contributed by atoms with Crippen molar-refractivity contribution < 1.29 is 18.7 Å². The summed E-state index contributed by atoms with van der Waals surface area (Å²) in [6.07, 6.45) is 2.05. The standard InChI is InChI=1S/C11H14ClFO.C6H12O2/c1-3-8(4-2)14-9-5-6-11(13)10(12)7-9;1-5(7)8-6(2,3)4/h5-8H,3-4H2,1-2H3;1-4H3. The lowest BCUT2D eigenvalue weighted by Crippen LogP contribution is -2.21. The lowest BCUT2D eigenvalue weighted by Gasteiger charge is -2.17. The van der Waals surface area contributed by atoms with E-state index in [9.17, 15) is 9.18 Å². The van der Waals surface area contributed by atoms with Gasteiger partial charge in [0.1, 0.15) is 17.2 Å². The second-order valence-corrected chi connectivity index (χ2v) is 6.25. The van der Waals surface area contributed by atoms with E-state index >= 15 is 0 Å². The van der Waals surface area contributed by atoms with Crippen LogP contribution in [0.1, 0.15) is 54.4 Å². The SMILES string of the molecule is CC(=O)OC(C)(C)C.CCC(CC)Oc1ccc(F)c(Cl)c1. The first kappa shape index (κ1) is 20.7. The fourth-order valence-electron chi connectivity index (χ4n) is 1.63. The monoisotopic (exact) mass is 332 g/mol. The first-order chi connectivity index (χ1) is 10.1. The number of esters is 1. The average molecular weight is 333 g/mol. The first-order valence-corrected chi connectivity index (χ1v) is 7.78. The summed E-state index contributed by atoms with van der Waals surface area (Å²) in [6.45, 7) is 11.0. The molecule has 22 heavy (non-hydrogen) atoms. The van der Waals surface area contributed by atoms with Crippen molar-refractivity contribution in [2.45, 2.75) is 66.1 Å². The van der Waals surface area contributed by atoms with Gasteiger partial charge in [-0.25, -0.2) is 4.39 Å². The number of hydrogen-bond acceptors (Lipinski definition) is 3. The Morgan fingerprint density at radius 2 is 1.82 bits per heavy atom. The second-order valence-electron chi connectivity index (χ2n) is 5.84. The molecule has 0 saturated heterocycles. The molecule has 5 heteroatoms. The molecule has 0 atom stereocenters. The largest absolute Gasteiger partial charge is 0.490 e. The number of ether oxygens (including phenoxy) is 2. The van der Waals surface area contributed by atoms with Gasteiger partial charge in [-0.1, -0.05) is 25.4 Å². The zero-order valence-corrected chi connectivity index (χ0v) is 15.0. The molecule has 0 fully saturated rings. The minimum absolute atomic E-state index is 0.105. The highest BCUT2D eigenvalue weighted by molar-refractivity contribution is 6.30. The van der Waals surface area contributed by atoms with E-state index in [-0.39, 0.29) is 22.7 Å². The smallest absolute Gasteiger partial charge is 0.303 e. The van der Waals surface area contributed by atoms with E-state index < -0.39 is 5.82 Å². The van der Waals surface area contributed by atoms with Crippen LogP contribution >= 0.6 is 11.6 Å². The summed E-state index contributed by atoms with van der Waals surface area (Å²) in [5.74, 6) is -0.00818. The van der Waals surface area contributed by atoms with E-state index in [4.69, 9.17) is 21.1 Å². The molecule has 0 aliphatic rings. The maximum Gasteiger partial charge on any atom is 0.303 e. The minimum atomic E-state index is -0.413. The molecule has 0 saturated carbocycles. The van der Waals surface area contributed by atoms with Crippen molar-refractivity contribution in [2.75, 3.05) is 0 Å². The molecule has 1 aromatic rings. The highest BCUT2D eigenvalue weighted by Crippen LogP contribution is 2.22. The van der Waals surface area contributed by atoms with Crippen molar-refractivity contribution in [3.05, 3.63) is 29.0 Å². The van der Waals surface area contributed by atoms with Crippen LogP contribution in [0, 0.1) is 5.82 Å². The summed E-state index contributed by atoms with van der Waals surface area (Å²) < 4.78 is 23.2. The van der Waals surface area contributed by atoms with Crippen LogP contribution in [0.5, 0.6) is 5.75 Å². The molecule has 0 N–H and O–H groups in total. The van der Waals surface area contributed by atoms with Crippen LogP contribution in [0.2, 0.25) is 5.02 Å². The van der Waals surface area contributed by atoms with E-state index in [2.05, 4.69) is 13.8 Å². The minimum Gasteiger partial charge on any atom is -0.490 e. The highest BCUT2D eigenvalue weighted by atomic mass is 35.5. The van der Waals surface area contributed by atoms with Crippen LogP contribution in [0.25, 0.3) is 0 Å². The summed E-state index contributed by atoms with van der Waals surface area (Å²) in [7, 11) is 0. The van der Waals surface area contributed by atoms with E-state index in [0.717, 1.165) is 12.8 Å². The maximum atomic E-state index is 12.8. The molecule has 1 rings (SSSR count). The fourth-order valence-corrected chi connectivity index (χ4v) is 1.80. The van der Waals surface area contributed by atoms with Crippen LogP contribution in [-0.2, 0) is 9.53 Å². The maximum absolute atomic E-state index is 12.8. The molecule has 0 spiro atoms. The summed E-state index contributed by atoms with van der Waals surface area (Å²) in [6, 6.07) is 4.43. The Kier molecular flexibility index (Phi) is 9.10. The van der Waals surface area contributed by atoms with E-state index in [1.807, 2.05) is 20.8 Å². The molecule has 0 amide bonds. The van der Waals surface area contributed by atoms with Crippen molar-refractivity contribution >= 4 is 17.6 Å².